The average molecular weight is 251 g/mol. The van der Waals surface area contributed by atoms with E-state index in [1.165, 1.54) is 12.3 Å². The van der Waals surface area contributed by atoms with E-state index in [2.05, 4.69) is 31.1 Å². The molecule has 1 heterocycles. The minimum atomic E-state index is -0.423. The Morgan fingerprint density at radius 3 is 2.61 bits per heavy atom. The largest absolute Gasteiger partial charge is 0.313 e. The number of rotatable bonds is 7. The highest BCUT2D eigenvalue weighted by molar-refractivity contribution is 5.28. The standard InChI is InChI=1S/C13H21N3O2/c1-4-8-14-12(5-2)10(3)13-7-6-11(9-15-13)16(17)18/h6-7,9-10,12,14H,4-5,8H2,1-3H3. The number of nitrogens with one attached hydrogen (secondary N) is 1. The molecule has 2 atom stereocenters. The number of hydrogen-bond acceptors (Lipinski definition) is 4. The Balaban J connectivity index is 2.75. The summed E-state index contributed by atoms with van der Waals surface area (Å²) in [6.45, 7) is 7.35. The van der Waals surface area contributed by atoms with Crippen LogP contribution in [0.2, 0.25) is 0 Å². The minimum Gasteiger partial charge on any atom is -0.313 e. The van der Waals surface area contributed by atoms with Crippen LogP contribution >= 0.6 is 0 Å². The van der Waals surface area contributed by atoms with Gasteiger partial charge in [-0.3, -0.25) is 15.1 Å². The fourth-order valence-corrected chi connectivity index (χ4v) is 1.99. The van der Waals surface area contributed by atoms with Gasteiger partial charge in [0.05, 0.1) is 4.92 Å². The molecule has 0 aliphatic rings. The quantitative estimate of drug-likeness (QED) is 0.597. The first-order valence-electron chi connectivity index (χ1n) is 6.43. The van der Waals surface area contributed by atoms with Crippen LogP contribution in [0.4, 0.5) is 5.69 Å². The van der Waals surface area contributed by atoms with Crippen molar-refractivity contribution in [2.75, 3.05) is 6.54 Å². The molecule has 100 valence electrons. The third-order valence-corrected chi connectivity index (χ3v) is 3.15. The maximum atomic E-state index is 10.6. The van der Waals surface area contributed by atoms with Gasteiger partial charge in [-0.05, 0) is 25.5 Å². The van der Waals surface area contributed by atoms with E-state index < -0.39 is 4.92 Å². The predicted molar refractivity (Wildman–Crippen MR) is 71.7 cm³/mol. The summed E-state index contributed by atoms with van der Waals surface area (Å²) in [7, 11) is 0. The molecule has 0 amide bonds. The summed E-state index contributed by atoms with van der Waals surface area (Å²) in [6, 6.07) is 3.63. The van der Waals surface area contributed by atoms with Crippen LogP contribution in [0, 0.1) is 10.1 Å². The summed E-state index contributed by atoms with van der Waals surface area (Å²) in [6.07, 6.45) is 3.44. The number of nitro groups is 1. The van der Waals surface area contributed by atoms with Crippen molar-refractivity contribution in [2.45, 2.75) is 45.6 Å². The van der Waals surface area contributed by atoms with E-state index in [1.54, 1.807) is 6.07 Å². The predicted octanol–water partition coefficient (Wildman–Crippen LogP) is 2.87. The summed E-state index contributed by atoms with van der Waals surface area (Å²) >= 11 is 0. The molecule has 0 aromatic carbocycles. The molecule has 1 aromatic heterocycles. The minimum absolute atomic E-state index is 0.0421. The molecule has 1 aromatic rings. The second-order valence-electron chi connectivity index (χ2n) is 4.46. The second-order valence-corrected chi connectivity index (χ2v) is 4.46. The highest BCUT2D eigenvalue weighted by Gasteiger charge is 2.18. The van der Waals surface area contributed by atoms with Crippen LogP contribution in [0.25, 0.3) is 0 Å². The summed E-state index contributed by atoms with van der Waals surface area (Å²) in [4.78, 5) is 14.3. The lowest BCUT2D eigenvalue weighted by atomic mass is 9.95. The molecule has 0 bridgehead atoms. The maximum absolute atomic E-state index is 10.6. The van der Waals surface area contributed by atoms with Crippen molar-refractivity contribution in [3.8, 4) is 0 Å². The van der Waals surface area contributed by atoms with E-state index in [0.29, 0.717) is 6.04 Å². The SMILES string of the molecule is CCCNC(CC)C(C)c1ccc([N+](=O)[O-])cn1. The third kappa shape index (κ3) is 3.77. The molecule has 0 saturated carbocycles. The summed E-state index contributed by atoms with van der Waals surface area (Å²) in [5.41, 5.74) is 0.941. The maximum Gasteiger partial charge on any atom is 0.287 e. The number of aromatic nitrogens is 1. The lowest BCUT2D eigenvalue weighted by molar-refractivity contribution is -0.385. The topological polar surface area (TPSA) is 68.1 Å². The first kappa shape index (κ1) is 14.6. The van der Waals surface area contributed by atoms with E-state index >= 15 is 0 Å². The molecule has 0 saturated heterocycles. The van der Waals surface area contributed by atoms with Crippen LogP contribution in [0.1, 0.15) is 45.2 Å². The molecule has 2 unspecified atom stereocenters. The number of pyridine rings is 1. The molecule has 0 spiro atoms. The zero-order valence-electron chi connectivity index (χ0n) is 11.2. The van der Waals surface area contributed by atoms with Crippen LogP contribution in [-0.4, -0.2) is 22.5 Å². The van der Waals surface area contributed by atoms with Crippen LogP contribution in [0.15, 0.2) is 18.3 Å². The van der Waals surface area contributed by atoms with Gasteiger partial charge in [0.25, 0.3) is 5.69 Å². The van der Waals surface area contributed by atoms with Gasteiger partial charge >= 0.3 is 0 Å². The lowest BCUT2D eigenvalue weighted by Crippen LogP contribution is -2.34. The molecule has 0 aliphatic heterocycles. The van der Waals surface area contributed by atoms with E-state index in [9.17, 15) is 10.1 Å². The molecule has 0 radical (unpaired) electrons. The first-order valence-corrected chi connectivity index (χ1v) is 6.43. The van der Waals surface area contributed by atoms with Gasteiger partial charge in [0, 0.05) is 23.7 Å². The van der Waals surface area contributed by atoms with Gasteiger partial charge in [-0.2, -0.15) is 0 Å². The highest BCUT2D eigenvalue weighted by atomic mass is 16.6. The van der Waals surface area contributed by atoms with Crippen molar-refractivity contribution in [1.82, 2.24) is 10.3 Å². The first-order chi connectivity index (χ1) is 8.60. The van der Waals surface area contributed by atoms with E-state index in [1.807, 2.05) is 0 Å². The number of hydrogen-bond donors (Lipinski definition) is 1. The Bertz CT molecular complexity index is 378. The molecule has 0 aliphatic carbocycles. The van der Waals surface area contributed by atoms with Crippen LogP contribution in [0.3, 0.4) is 0 Å². The average Bonchev–Trinajstić information content (AvgIpc) is 2.39. The Kier molecular flexibility index (Phi) is 5.71. The molecule has 1 N–H and O–H groups in total. The van der Waals surface area contributed by atoms with Crippen molar-refractivity contribution in [1.29, 1.82) is 0 Å². The van der Waals surface area contributed by atoms with Crippen molar-refractivity contribution < 1.29 is 4.92 Å². The smallest absolute Gasteiger partial charge is 0.287 e. The van der Waals surface area contributed by atoms with Gasteiger partial charge in [-0.15, -0.1) is 0 Å². The van der Waals surface area contributed by atoms with Gasteiger partial charge in [-0.1, -0.05) is 20.8 Å². The highest BCUT2D eigenvalue weighted by Crippen LogP contribution is 2.21. The molecule has 0 fully saturated rings. The summed E-state index contributed by atoms with van der Waals surface area (Å²) in [5.74, 6) is 0.252. The van der Waals surface area contributed by atoms with Crippen LogP contribution < -0.4 is 5.32 Å². The van der Waals surface area contributed by atoms with Gasteiger partial charge < -0.3 is 5.32 Å². The van der Waals surface area contributed by atoms with Crippen molar-refractivity contribution in [3.05, 3.63) is 34.1 Å². The molecular formula is C13H21N3O2. The molecule has 5 nitrogen and oxygen atoms in total. The monoisotopic (exact) mass is 251 g/mol. The normalized spacial score (nSPS) is 14.2. The number of nitrogens with zero attached hydrogens (tertiary/aromatic N) is 2. The van der Waals surface area contributed by atoms with E-state index in [-0.39, 0.29) is 11.6 Å². The van der Waals surface area contributed by atoms with Crippen molar-refractivity contribution in [2.24, 2.45) is 0 Å². The van der Waals surface area contributed by atoms with Gasteiger partial charge in [0.15, 0.2) is 0 Å². The van der Waals surface area contributed by atoms with Gasteiger partial charge in [-0.25, -0.2) is 0 Å². The molecule has 5 heteroatoms. The Labute approximate surface area is 108 Å². The fourth-order valence-electron chi connectivity index (χ4n) is 1.99. The van der Waals surface area contributed by atoms with Gasteiger partial charge in [0.2, 0.25) is 0 Å². The second kappa shape index (κ2) is 7.06. The molecule has 1 rings (SSSR count). The fraction of sp³-hybridized carbons (Fsp3) is 0.615. The van der Waals surface area contributed by atoms with Crippen molar-refractivity contribution >= 4 is 5.69 Å². The zero-order chi connectivity index (χ0) is 13.5. The summed E-state index contributed by atoms with van der Waals surface area (Å²) < 4.78 is 0. The Morgan fingerprint density at radius 2 is 2.17 bits per heavy atom. The van der Waals surface area contributed by atoms with Crippen molar-refractivity contribution in [3.63, 3.8) is 0 Å². The van der Waals surface area contributed by atoms with Crippen LogP contribution in [0.5, 0.6) is 0 Å². The molecule has 18 heavy (non-hydrogen) atoms. The lowest BCUT2D eigenvalue weighted by Gasteiger charge is -2.23. The zero-order valence-corrected chi connectivity index (χ0v) is 11.2. The van der Waals surface area contributed by atoms with Gasteiger partial charge in [0.1, 0.15) is 6.20 Å². The third-order valence-electron chi connectivity index (χ3n) is 3.15. The summed E-state index contributed by atoms with van der Waals surface area (Å²) in [5, 5.41) is 14.0. The Hall–Kier alpha value is -1.49. The van der Waals surface area contributed by atoms with E-state index in [0.717, 1.165) is 25.1 Å². The Morgan fingerprint density at radius 1 is 1.44 bits per heavy atom. The van der Waals surface area contributed by atoms with E-state index in [4.69, 9.17) is 0 Å². The van der Waals surface area contributed by atoms with Crippen LogP contribution in [-0.2, 0) is 0 Å². The molecular weight excluding hydrogens is 230 g/mol.